The summed E-state index contributed by atoms with van der Waals surface area (Å²) in [5.41, 5.74) is 1.24. The Hall–Kier alpha value is -2.14. The molecule has 0 saturated heterocycles. The molecule has 114 valence electrons. The first-order chi connectivity index (χ1) is 10.3. The number of carbonyl (C=O) groups is 1. The maximum atomic E-state index is 12.9. The number of aryl methyl sites for hydroxylation is 1. The minimum absolute atomic E-state index is 0.132. The lowest BCUT2D eigenvalue weighted by Gasteiger charge is -2.31. The highest BCUT2D eigenvalue weighted by Crippen LogP contribution is 2.42. The normalized spacial score (nSPS) is 16.7. The average Bonchev–Trinajstić information content (AvgIpc) is 2.67. The van der Waals surface area contributed by atoms with Gasteiger partial charge in [0.15, 0.2) is 0 Å². The standard InChI is InChI=1S/C17H17NO3S/c1-12-8-10-13(11-9-12)22(20,21)18-16(19)14-6-4-5-7-15(14)17(18,2)3/h4-11H,1-3H3. The number of nitrogens with zero attached hydrogens (tertiary/aromatic N) is 1. The van der Waals surface area contributed by atoms with Crippen LogP contribution < -0.4 is 0 Å². The molecule has 1 aliphatic heterocycles. The lowest BCUT2D eigenvalue weighted by atomic mass is 9.95. The van der Waals surface area contributed by atoms with E-state index in [-0.39, 0.29) is 4.90 Å². The van der Waals surface area contributed by atoms with Gasteiger partial charge in [0.2, 0.25) is 0 Å². The molecule has 0 saturated carbocycles. The summed E-state index contributed by atoms with van der Waals surface area (Å²) in [7, 11) is -3.90. The molecule has 0 aliphatic carbocycles. The van der Waals surface area contributed by atoms with Gasteiger partial charge in [-0.25, -0.2) is 12.7 Å². The second-order valence-electron chi connectivity index (χ2n) is 5.99. The summed E-state index contributed by atoms with van der Waals surface area (Å²) in [6, 6.07) is 13.6. The minimum Gasteiger partial charge on any atom is -0.268 e. The summed E-state index contributed by atoms with van der Waals surface area (Å²) in [5, 5.41) is 0. The fourth-order valence-corrected chi connectivity index (χ4v) is 4.61. The first-order valence-corrected chi connectivity index (χ1v) is 8.46. The van der Waals surface area contributed by atoms with Crippen molar-refractivity contribution in [2.45, 2.75) is 31.2 Å². The number of carbonyl (C=O) groups excluding carboxylic acids is 1. The highest BCUT2D eigenvalue weighted by molar-refractivity contribution is 7.89. The Bertz CT molecular complexity index is 852. The molecule has 0 radical (unpaired) electrons. The number of fused-ring (bicyclic) bond motifs is 1. The molecule has 0 aromatic heterocycles. The molecule has 1 amide bonds. The molecule has 1 aliphatic rings. The Morgan fingerprint density at radius 3 is 2.14 bits per heavy atom. The molecular formula is C17H17NO3S. The van der Waals surface area contributed by atoms with Crippen molar-refractivity contribution < 1.29 is 13.2 Å². The van der Waals surface area contributed by atoms with Gasteiger partial charge in [-0.05, 0) is 44.5 Å². The zero-order valence-corrected chi connectivity index (χ0v) is 13.5. The van der Waals surface area contributed by atoms with E-state index in [9.17, 15) is 13.2 Å². The van der Waals surface area contributed by atoms with Crippen LogP contribution >= 0.6 is 0 Å². The number of hydrogen-bond acceptors (Lipinski definition) is 3. The molecule has 0 N–H and O–H groups in total. The Kier molecular flexibility index (Phi) is 3.14. The molecule has 4 nitrogen and oxygen atoms in total. The van der Waals surface area contributed by atoms with Crippen LogP contribution in [0.5, 0.6) is 0 Å². The zero-order valence-electron chi connectivity index (χ0n) is 12.7. The fourth-order valence-electron chi connectivity index (χ4n) is 2.90. The predicted molar refractivity (Wildman–Crippen MR) is 84.0 cm³/mol. The average molecular weight is 315 g/mol. The lowest BCUT2D eigenvalue weighted by molar-refractivity contribution is 0.0804. The number of benzene rings is 2. The van der Waals surface area contributed by atoms with Gasteiger partial charge in [-0.1, -0.05) is 35.9 Å². The third kappa shape index (κ3) is 1.96. The molecule has 0 atom stereocenters. The summed E-state index contributed by atoms with van der Waals surface area (Å²) >= 11 is 0. The van der Waals surface area contributed by atoms with Gasteiger partial charge in [0.1, 0.15) is 0 Å². The van der Waals surface area contributed by atoms with Crippen LogP contribution in [0.4, 0.5) is 0 Å². The first kappa shape index (κ1) is 14.8. The Balaban J connectivity index is 2.17. The van der Waals surface area contributed by atoms with Gasteiger partial charge in [-0.3, -0.25) is 4.79 Å². The maximum Gasteiger partial charge on any atom is 0.268 e. The SMILES string of the molecule is Cc1ccc(S(=O)(=O)N2C(=O)c3ccccc3C2(C)C)cc1. The summed E-state index contributed by atoms with van der Waals surface area (Å²) < 4.78 is 26.9. The van der Waals surface area contributed by atoms with Gasteiger partial charge in [0.05, 0.1) is 10.4 Å². The molecule has 2 aromatic carbocycles. The van der Waals surface area contributed by atoms with Crippen LogP contribution in [0.3, 0.4) is 0 Å². The summed E-state index contributed by atoms with van der Waals surface area (Å²) in [5.74, 6) is -0.471. The van der Waals surface area contributed by atoms with E-state index in [0.717, 1.165) is 15.4 Å². The van der Waals surface area contributed by atoms with Crippen LogP contribution in [0, 0.1) is 6.92 Å². The smallest absolute Gasteiger partial charge is 0.268 e. The van der Waals surface area contributed by atoms with Crippen LogP contribution in [0.1, 0.15) is 35.3 Å². The van der Waals surface area contributed by atoms with Crippen molar-refractivity contribution in [3.63, 3.8) is 0 Å². The third-order valence-corrected chi connectivity index (χ3v) is 6.04. The van der Waals surface area contributed by atoms with Crippen LogP contribution in [-0.2, 0) is 15.6 Å². The third-order valence-electron chi connectivity index (χ3n) is 4.07. The van der Waals surface area contributed by atoms with E-state index < -0.39 is 21.5 Å². The second kappa shape index (κ2) is 4.68. The van der Waals surface area contributed by atoms with Gasteiger partial charge in [-0.15, -0.1) is 0 Å². The van der Waals surface area contributed by atoms with Crippen molar-refractivity contribution in [2.24, 2.45) is 0 Å². The van der Waals surface area contributed by atoms with Gasteiger partial charge in [0, 0.05) is 5.56 Å². The van der Waals surface area contributed by atoms with Gasteiger partial charge >= 0.3 is 0 Å². The Labute approximate surface area is 130 Å². The molecule has 0 unspecified atom stereocenters. The lowest BCUT2D eigenvalue weighted by Crippen LogP contribution is -2.43. The summed E-state index contributed by atoms with van der Waals surface area (Å²) in [6.07, 6.45) is 0. The van der Waals surface area contributed by atoms with Gasteiger partial charge in [0.25, 0.3) is 15.9 Å². The number of rotatable bonds is 2. The zero-order chi connectivity index (χ0) is 16.1. The molecule has 5 heteroatoms. The molecule has 2 aromatic rings. The van der Waals surface area contributed by atoms with E-state index >= 15 is 0 Å². The number of amides is 1. The van der Waals surface area contributed by atoms with Crippen molar-refractivity contribution in [1.29, 1.82) is 0 Å². The van der Waals surface area contributed by atoms with Gasteiger partial charge < -0.3 is 0 Å². The molecule has 0 spiro atoms. The molecule has 3 rings (SSSR count). The monoisotopic (exact) mass is 315 g/mol. The molecule has 0 fully saturated rings. The van der Waals surface area contributed by atoms with Crippen molar-refractivity contribution in [3.05, 3.63) is 65.2 Å². The molecule has 22 heavy (non-hydrogen) atoms. The predicted octanol–water partition coefficient (Wildman–Crippen LogP) is 3.07. The summed E-state index contributed by atoms with van der Waals surface area (Å²) in [6.45, 7) is 5.39. The van der Waals surface area contributed by atoms with Crippen molar-refractivity contribution in [3.8, 4) is 0 Å². The highest BCUT2D eigenvalue weighted by Gasteiger charge is 2.49. The van der Waals surface area contributed by atoms with Crippen molar-refractivity contribution in [2.75, 3.05) is 0 Å². The van der Waals surface area contributed by atoms with Crippen LogP contribution in [0.2, 0.25) is 0 Å². The number of sulfonamides is 1. The van der Waals surface area contributed by atoms with Crippen molar-refractivity contribution >= 4 is 15.9 Å². The molecular weight excluding hydrogens is 298 g/mol. The minimum atomic E-state index is -3.90. The van der Waals surface area contributed by atoms with Crippen LogP contribution in [0.25, 0.3) is 0 Å². The van der Waals surface area contributed by atoms with E-state index in [4.69, 9.17) is 0 Å². The van der Waals surface area contributed by atoms with E-state index in [0.29, 0.717) is 5.56 Å². The van der Waals surface area contributed by atoms with E-state index in [2.05, 4.69) is 0 Å². The van der Waals surface area contributed by atoms with Crippen LogP contribution in [-0.4, -0.2) is 18.6 Å². The largest absolute Gasteiger partial charge is 0.268 e. The van der Waals surface area contributed by atoms with E-state index in [1.165, 1.54) is 12.1 Å². The maximum absolute atomic E-state index is 12.9. The van der Waals surface area contributed by atoms with Crippen LogP contribution in [0.15, 0.2) is 53.4 Å². The van der Waals surface area contributed by atoms with Crippen molar-refractivity contribution in [1.82, 2.24) is 4.31 Å². The quantitative estimate of drug-likeness (QED) is 0.856. The molecule has 1 heterocycles. The summed E-state index contributed by atoms with van der Waals surface area (Å²) in [4.78, 5) is 12.8. The first-order valence-electron chi connectivity index (χ1n) is 7.02. The van der Waals surface area contributed by atoms with Gasteiger partial charge in [-0.2, -0.15) is 0 Å². The van der Waals surface area contributed by atoms with E-state index in [1.807, 2.05) is 13.0 Å². The Morgan fingerprint density at radius 1 is 0.955 bits per heavy atom. The molecule has 0 bridgehead atoms. The fraction of sp³-hybridized carbons (Fsp3) is 0.235. The Morgan fingerprint density at radius 2 is 1.55 bits per heavy atom. The topological polar surface area (TPSA) is 54.5 Å². The number of hydrogen-bond donors (Lipinski definition) is 0. The van der Waals surface area contributed by atoms with E-state index in [1.54, 1.807) is 44.2 Å². The highest BCUT2D eigenvalue weighted by atomic mass is 32.2. The second-order valence-corrected chi connectivity index (χ2v) is 7.78.